The first-order valence-electron chi connectivity index (χ1n) is 8.94. The summed E-state index contributed by atoms with van der Waals surface area (Å²) in [5.74, 6) is 0.554. The van der Waals surface area contributed by atoms with Crippen LogP contribution in [0.2, 0.25) is 0 Å². The van der Waals surface area contributed by atoms with Crippen LogP contribution in [0.5, 0.6) is 0 Å². The average Bonchev–Trinajstić information content (AvgIpc) is 3.05. The molecule has 1 aliphatic carbocycles. The van der Waals surface area contributed by atoms with Crippen molar-refractivity contribution in [2.24, 2.45) is 11.0 Å². The van der Waals surface area contributed by atoms with Crippen LogP contribution in [-0.4, -0.2) is 37.4 Å². The molecule has 1 amide bonds. The number of hydrogen-bond donors (Lipinski definition) is 2. The van der Waals surface area contributed by atoms with Gasteiger partial charge < -0.3 is 10.0 Å². The lowest BCUT2D eigenvalue weighted by atomic mass is 9.90. The molecule has 0 saturated carbocycles. The van der Waals surface area contributed by atoms with E-state index in [0.717, 1.165) is 29.0 Å². The fourth-order valence-corrected chi connectivity index (χ4v) is 4.23. The van der Waals surface area contributed by atoms with Crippen molar-refractivity contribution in [1.29, 1.82) is 0 Å². The van der Waals surface area contributed by atoms with Crippen LogP contribution in [0.1, 0.15) is 39.0 Å². The highest BCUT2D eigenvalue weighted by Crippen LogP contribution is 2.32. The van der Waals surface area contributed by atoms with Crippen molar-refractivity contribution in [3.63, 3.8) is 0 Å². The van der Waals surface area contributed by atoms with Crippen molar-refractivity contribution >= 4 is 29.1 Å². The Bertz CT molecular complexity index is 783. The minimum Gasteiger partial charge on any atom is -0.395 e. The molecule has 26 heavy (non-hydrogen) atoms. The van der Waals surface area contributed by atoms with Gasteiger partial charge in [-0.15, -0.1) is 11.3 Å². The molecule has 2 N–H and O–H groups in total. The standard InChI is InChI=1S/C20H25N3O2S/c1-14-3-8-18-16(11-14)12-19(26-18)20(25)22-21-13-15-4-6-17(7-5-15)23(2)9-10-24/h4-7,12-14,24H,3,8-11H2,1-2H3,(H,22,25)/b21-13-/t14-/m0/s1. The quantitative estimate of drug-likeness (QED) is 0.606. The zero-order valence-corrected chi connectivity index (χ0v) is 16.1. The highest BCUT2D eigenvalue weighted by atomic mass is 32.1. The number of rotatable bonds is 6. The molecule has 1 heterocycles. The summed E-state index contributed by atoms with van der Waals surface area (Å²) in [5, 5.41) is 13.1. The lowest BCUT2D eigenvalue weighted by Crippen LogP contribution is -2.20. The van der Waals surface area contributed by atoms with Crippen molar-refractivity contribution in [3.05, 3.63) is 51.2 Å². The predicted molar refractivity (Wildman–Crippen MR) is 107 cm³/mol. The summed E-state index contributed by atoms with van der Waals surface area (Å²) in [6, 6.07) is 9.82. The number of thiophene rings is 1. The van der Waals surface area contributed by atoms with Crippen LogP contribution in [0.25, 0.3) is 0 Å². The smallest absolute Gasteiger partial charge is 0.281 e. The number of carbonyl (C=O) groups excluding carboxylic acids is 1. The van der Waals surface area contributed by atoms with Crippen molar-refractivity contribution in [2.45, 2.75) is 26.2 Å². The number of fused-ring (bicyclic) bond motifs is 1. The Hall–Kier alpha value is -2.18. The van der Waals surface area contributed by atoms with E-state index in [1.54, 1.807) is 17.6 Å². The van der Waals surface area contributed by atoms with Crippen LogP contribution in [0.3, 0.4) is 0 Å². The highest BCUT2D eigenvalue weighted by Gasteiger charge is 2.20. The number of aliphatic hydroxyl groups is 1. The number of nitrogens with zero attached hydrogens (tertiary/aromatic N) is 2. The molecule has 1 aromatic heterocycles. The van der Waals surface area contributed by atoms with Crippen LogP contribution >= 0.6 is 11.3 Å². The molecular weight excluding hydrogens is 346 g/mol. The second-order valence-electron chi connectivity index (χ2n) is 6.84. The molecule has 0 spiro atoms. The maximum absolute atomic E-state index is 12.3. The van der Waals surface area contributed by atoms with Gasteiger partial charge in [0.15, 0.2) is 0 Å². The molecule has 1 aliphatic rings. The molecule has 6 heteroatoms. The number of anilines is 1. The second-order valence-corrected chi connectivity index (χ2v) is 7.98. The second kappa shape index (κ2) is 8.47. The third-order valence-corrected chi connectivity index (χ3v) is 5.94. The van der Waals surface area contributed by atoms with Crippen LogP contribution in [0.15, 0.2) is 35.4 Å². The van der Waals surface area contributed by atoms with E-state index in [1.165, 1.54) is 16.9 Å². The number of likely N-dealkylation sites (N-methyl/N-ethyl adjacent to an activating group) is 1. The monoisotopic (exact) mass is 371 g/mol. The van der Waals surface area contributed by atoms with Crippen molar-refractivity contribution < 1.29 is 9.90 Å². The van der Waals surface area contributed by atoms with E-state index in [2.05, 4.69) is 17.5 Å². The third-order valence-electron chi connectivity index (χ3n) is 4.70. The molecule has 0 aliphatic heterocycles. The maximum Gasteiger partial charge on any atom is 0.281 e. The van der Waals surface area contributed by atoms with Crippen LogP contribution in [0.4, 0.5) is 5.69 Å². The van der Waals surface area contributed by atoms with E-state index in [1.807, 2.05) is 42.3 Å². The summed E-state index contributed by atoms with van der Waals surface area (Å²) < 4.78 is 0. The summed E-state index contributed by atoms with van der Waals surface area (Å²) in [7, 11) is 1.93. The molecule has 0 saturated heterocycles. The molecule has 5 nitrogen and oxygen atoms in total. The third kappa shape index (κ3) is 4.51. The Morgan fingerprint density at radius 3 is 2.92 bits per heavy atom. The van der Waals surface area contributed by atoms with E-state index >= 15 is 0 Å². The number of amides is 1. The Balaban J connectivity index is 1.57. The molecular formula is C20H25N3O2S. The zero-order valence-electron chi connectivity index (χ0n) is 15.2. The molecule has 1 atom stereocenters. The van der Waals surface area contributed by atoms with Crippen molar-refractivity contribution in [3.8, 4) is 0 Å². The zero-order chi connectivity index (χ0) is 18.5. The summed E-state index contributed by atoms with van der Waals surface area (Å²) in [4.78, 5) is 16.4. The van der Waals surface area contributed by atoms with Gasteiger partial charge in [0.2, 0.25) is 0 Å². The van der Waals surface area contributed by atoms with Crippen LogP contribution in [0, 0.1) is 5.92 Å². The van der Waals surface area contributed by atoms with E-state index < -0.39 is 0 Å². The van der Waals surface area contributed by atoms with Gasteiger partial charge in [0.05, 0.1) is 17.7 Å². The number of hydrazone groups is 1. The van der Waals surface area contributed by atoms with E-state index in [-0.39, 0.29) is 12.5 Å². The van der Waals surface area contributed by atoms with Crippen LogP contribution < -0.4 is 10.3 Å². The number of aryl methyl sites for hydroxylation is 1. The number of hydrogen-bond acceptors (Lipinski definition) is 5. The first kappa shape index (κ1) is 18.6. The number of nitrogens with one attached hydrogen (secondary N) is 1. The minimum absolute atomic E-state index is 0.122. The van der Waals surface area contributed by atoms with Gasteiger partial charge in [-0.1, -0.05) is 19.1 Å². The molecule has 138 valence electrons. The van der Waals surface area contributed by atoms with Gasteiger partial charge in [0.1, 0.15) is 0 Å². The minimum atomic E-state index is -0.146. The molecule has 0 fully saturated rings. The fraction of sp³-hybridized carbons (Fsp3) is 0.400. The van der Waals surface area contributed by atoms with Crippen molar-refractivity contribution in [2.75, 3.05) is 25.1 Å². The molecule has 1 aromatic carbocycles. The molecule has 2 aromatic rings. The number of carbonyl (C=O) groups is 1. The Labute approximate surface area is 158 Å². The largest absolute Gasteiger partial charge is 0.395 e. The molecule has 0 radical (unpaired) electrons. The fourth-order valence-electron chi connectivity index (χ4n) is 3.13. The highest BCUT2D eigenvalue weighted by molar-refractivity contribution is 7.14. The topological polar surface area (TPSA) is 64.9 Å². The Morgan fingerprint density at radius 1 is 1.42 bits per heavy atom. The summed E-state index contributed by atoms with van der Waals surface area (Å²) >= 11 is 1.59. The summed E-state index contributed by atoms with van der Waals surface area (Å²) in [6.07, 6.45) is 4.99. The normalized spacial score (nSPS) is 16.5. The Kier molecular flexibility index (Phi) is 6.06. The van der Waals surface area contributed by atoms with E-state index in [4.69, 9.17) is 5.11 Å². The lowest BCUT2D eigenvalue weighted by molar-refractivity contribution is 0.0959. The van der Waals surface area contributed by atoms with Crippen LogP contribution in [-0.2, 0) is 12.8 Å². The Morgan fingerprint density at radius 2 is 2.19 bits per heavy atom. The average molecular weight is 372 g/mol. The number of benzene rings is 1. The van der Waals surface area contributed by atoms with Crippen molar-refractivity contribution in [1.82, 2.24) is 5.43 Å². The first-order chi connectivity index (χ1) is 12.6. The SMILES string of the molecule is C[C@H]1CCc2sc(C(=O)N/N=C\c3ccc(N(C)CCO)cc3)cc2C1. The predicted octanol–water partition coefficient (Wildman–Crippen LogP) is 3.07. The molecule has 3 rings (SSSR count). The van der Waals surface area contributed by atoms with Gasteiger partial charge in [0, 0.05) is 24.2 Å². The van der Waals surface area contributed by atoms with E-state index in [0.29, 0.717) is 12.5 Å². The summed E-state index contributed by atoms with van der Waals surface area (Å²) in [6.45, 7) is 2.97. The summed E-state index contributed by atoms with van der Waals surface area (Å²) in [5.41, 5.74) is 5.88. The van der Waals surface area contributed by atoms with Gasteiger partial charge in [-0.3, -0.25) is 4.79 Å². The van der Waals surface area contributed by atoms with Gasteiger partial charge >= 0.3 is 0 Å². The van der Waals surface area contributed by atoms with Gasteiger partial charge in [0.25, 0.3) is 5.91 Å². The van der Waals surface area contributed by atoms with E-state index in [9.17, 15) is 4.79 Å². The first-order valence-corrected chi connectivity index (χ1v) is 9.75. The number of aliphatic hydroxyl groups excluding tert-OH is 1. The van der Waals surface area contributed by atoms with Gasteiger partial charge in [-0.25, -0.2) is 5.43 Å². The molecule has 0 bridgehead atoms. The van der Waals surface area contributed by atoms with Gasteiger partial charge in [-0.05, 0) is 54.5 Å². The molecule has 0 unspecified atom stereocenters. The van der Waals surface area contributed by atoms with Gasteiger partial charge in [-0.2, -0.15) is 5.10 Å². The maximum atomic E-state index is 12.3. The lowest BCUT2D eigenvalue weighted by Gasteiger charge is -2.17.